The second-order valence-corrected chi connectivity index (χ2v) is 4.95. The molecule has 0 fully saturated rings. The van der Waals surface area contributed by atoms with Crippen LogP contribution in [0.3, 0.4) is 0 Å². The van der Waals surface area contributed by atoms with E-state index in [2.05, 4.69) is 17.1 Å². The average Bonchev–Trinajstić information content (AvgIpc) is 2.53. The van der Waals surface area contributed by atoms with Crippen LogP contribution in [-0.2, 0) is 11.2 Å². The molecule has 0 amide bonds. The number of hydrogen-bond donors (Lipinski definition) is 2. The smallest absolute Gasteiger partial charge is 0.489 e. The zero-order valence-corrected chi connectivity index (χ0v) is 11.5. The lowest BCUT2D eigenvalue weighted by Gasteiger charge is -2.26. The van der Waals surface area contributed by atoms with Gasteiger partial charge < -0.3 is 19.5 Å². The molecule has 6 heteroatoms. The van der Waals surface area contributed by atoms with Crippen molar-refractivity contribution in [1.82, 2.24) is 4.98 Å². The highest BCUT2D eigenvalue weighted by molar-refractivity contribution is 6.58. The number of ether oxygens (including phenoxy) is 2. The minimum absolute atomic E-state index is 0.113. The molecule has 1 aliphatic heterocycles. The van der Waals surface area contributed by atoms with Crippen molar-refractivity contribution in [2.75, 3.05) is 13.2 Å². The zero-order valence-electron chi connectivity index (χ0n) is 11.5. The van der Waals surface area contributed by atoms with Crippen molar-refractivity contribution in [1.29, 1.82) is 0 Å². The van der Waals surface area contributed by atoms with Gasteiger partial charge in [-0.3, -0.25) is 4.98 Å². The average molecular weight is 285 g/mol. The Balaban J connectivity index is 1.70. The van der Waals surface area contributed by atoms with Crippen LogP contribution >= 0.6 is 0 Å². The Hall–Kier alpha value is -1.89. The fourth-order valence-electron chi connectivity index (χ4n) is 2.44. The third-order valence-electron chi connectivity index (χ3n) is 3.53. The summed E-state index contributed by atoms with van der Waals surface area (Å²) in [7, 11) is -1.55. The fraction of sp³-hybridized carbons (Fsp3) is 0.267. The first kappa shape index (κ1) is 14.1. The molecular weight excluding hydrogens is 269 g/mol. The van der Waals surface area contributed by atoms with Crippen LogP contribution in [0.15, 0.2) is 42.7 Å². The summed E-state index contributed by atoms with van der Waals surface area (Å²) in [5.74, 6) is 0.493. The quantitative estimate of drug-likeness (QED) is 0.798. The van der Waals surface area contributed by atoms with Gasteiger partial charge >= 0.3 is 7.12 Å². The van der Waals surface area contributed by atoms with Crippen molar-refractivity contribution in [3.05, 3.63) is 53.9 Å². The zero-order chi connectivity index (χ0) is 14.7. The van der Waals surface area contributed by atoms with Crippen LogP contribution in [0.2, 0.25) is 0 Å². The summed E-state index contributed by atoms with van der Waals surface area (Å²) in [6.07, 6.45) is 3.74. The Labute approximate surface area is 123 Å². The van der Waals surface area contributed by atoms with E-state index in [4.69, 9.17) is 19.5 Å². The van der Waals surface area contributed by atoms with Gasteiger partial charge in [0, 0.05) is 11.7 Å². The summed E-state index contributed by atoms with van der Waals surface area (Å²) in [4.78, 5) is 3.93. The molecular formula is C15H16BNO4. The van der Waals surface area contributed by atoms with Crippen LogP contribution in [0.25, 0.3) is 0 Å². The van der Waals surface area contributed by atoms with E-state index in [0.29, 0.717) is 24.4 Å². The lowest BCUT2D eigenvalue weighted by atomic mass is 9.82. The predicted molar refractivity (Wildman–Crippen MR) is 78.4 cm³/mol. The summed E-state index contributed by atoms with van der Waals surface area (Å²) in [5, 5.41) is 18.3. The van der Waals surface area contributed by atoms with Gasteiger partial charge in [0.05, 0.1) is 12.8 Å². The second kappa shape index (κ2) is 6.26. The fourth-order valence-corrected chi connectivity index (χ4v) is 2.44. The van der Waals surface area contributed by atoms with E-state index < -0.39 is 7.12 Å². The lowest BCUT2D eigenvalue weighted by molar-refractivity contribution is 0.0101. The van der Waals surface area contributed by atoms with Crippen LogP contribution in [0.4, 0.5) is 0 Å². The second-order valence-electron chi connectivity index (χ2n) is 4.95. The number of rotatable bonds is 4. The molecule has 1 aromatic carbocycles. The molecule has 0 spiro atoms. The standard InChI is InChI=1S/C15H16BNO4/c18-16(19)12-7-13(9-17-8-12)21-10-15-14-4-2-1-3-11(14)5-6-20-15/h1-4,7-9,15,18-19H,5-6,10H2. The van der Waals surface area contributed by atoms with Gasteiger partial charge in [-0.15, -0.1) is 0 Å². The van der Waals surface area contributed by atoms with E-state index in [1.165, 1.54) is 11.8 Å². The highest BCUT2D eigenvalue weighted by Gasteiger charge is 2.21. The Bertz CT molecular complexity index is 620. The maximum atomic E-state index is 9.13. The Morgan fingerprint density at radius 1 is 1.29 bits per heavy atom. The van der Waals surface area contributed by atoms with Gasteiger partial charge in [-0.2, -0.15) is 0 Å². The van der Waals surface area contributed by atoms with Crippen molar-refractivity contribution in [3.8, 4) is 5.75 Å². The molecule has 108 valence electrons. The molecule has 1 atom stereocenters. The van der Waals surface area contributed by atoms with Crippen molar-refractivity contribution in [3.63, 3.8) is 0 Å². The monoisotopic (exact) mass is 285 g/mol. The third kappa shape index (κ3) is 3.24. The Morgan fingerprint density at radius 3 is 3.00 bits per heavy atom. The Kier molecular flexibility index (Phi) is 4.19. The van der Waals surface area contributed by atoms with Crippen LogP contribution in [-0.4, -0.2) is 35.4 Å². The maximum Gasteiger partial charge on any atom is 0.490 e. The maximum absolute atomic E-state index is 9.13. The molecule has 0 bridgehead atoms. The molecule has 1 aliphatic rings. The number of hydrogen-bond acceptors (Lipinski definition) is 5. The molecule has 2 heterocycles. The molecule has 0 saturated heterocycles. The highest BCUT2D eigenvalue weighted by atomic mass is 16.5. The summed E-state index contributed by atoms with van der Waals surface area (Å²) >= 11 is 0. The summed E-state index contributed by atoms with van der Waals surface area (Å²) in [6.45, 7) is 1.04. The minimum atomic E-state index is -1.55. The number of nitrogens with zero attached hydrogens (tertiary/aromatic N) is 1. The molecule has 5 nitrogen and oxygen atoms in total. The molecule has 21 heavy (non-hydrogen) atoms. The van der Waals surface area contributed by atoms with Crippen LogP contribution in [0, 0.1) is 0 Å². The summed E-state index contributed by atoms with van der Waals surface area (Å²) in [6, 6.07) is 9.74. The third-order valence-corrected chi connectivity index (χ3v) is 3.53. The van der Waals surface area contributed by atoms with Crippen LogP contribution < -0.4 is 10.2 Å². The van der Waals surface area contributed by atoms with Gasteiger partial charge in [-0.1, -0.05) is 24.3 Å². The van der Waals surface area contributed by atoms with E-state index >= 15 is 0 Å². The van der Waals surface area contributed by atoms with E-state index in [1.54, 1.807) is 12.3 Å². The topological polar surface area (TPSA) is 71.8 Å². The Morgan fingerprint density at radius 2 is 2.14 bits per heavy atom. The highest BCUT2D eigenvalue weighted by Crippen LogP contribution is 2.27. The first-order valence-corrected chi connectivity index (χ1v) is 6.87. The largest absolute Gasteiger partial charge is 0.490 e. The molecule has 1 aromatic heterocycles. The summed E-state index contributed by atoms with van der Waals surface area (Å²) in [5.41, 5.74) is 2.74. The molecule has 1 unspecified atom stereocenters. The van der Waals surface area contributed by atoms with Crippen LogP contribution in [0.1, 0.15) is 17.2 Å². The molecule has 3 rings (SSSR count). The van der Waals surface area contributed by atoms with E-state index in [1.807, 2.05) is 12.1 Å². The number of fused-ring (bicyclic) bond motifs is 1. The summed E-state index contributed by atoms with van der Waals surface area (Å²) < 4.78 is 11.4. The van der Waals surface area contributed by atoms with Gasteiger partial charge in [0.1, 0.15) is 18.5 Å². The molecule has 0 saturated carbocycles. The van der Waals surface area contributed by atoms with Crippen molar-refractivity contribution >= 4 is 12.6 Å². The predicted octanol–water partition coefficient (Wildman–Crippen LogP) is 0.454. The van der Waals surface area contributed by atoms with Gasteiger partial charge in [-0.25, -0.2) is 0 Å². The number of pyridine rings is 1. The van der Waals surface area contributed by atoms with Gasteiger partial charge in [0.2, 0.25) is 0 Å². The van der Waals surface area contributed by atoms with E-state index in [0.717, 1.165) is 12.0 Å². The molecule has 0 aliphatic carbocycles. The van der Waals surface area contributed by atoms with Crippen molar-refractivity contribution < 1.29 is 19.5 Å². The SMILES string of the molecule is OB(O)c1cncc(OCC2OCCc3ccccc32)c1. The molecule has 2 aromatic rings. The molecule has 2 N–H and O–H groups in total. The van der Waals surface area contributed by atoms with E-state index in [-0.39, 0.29) is 6.10 Å². The van der Waals surface area contributed by atoms with Gasteiger partial charge in [0.25, 0.3) is 0 Å². The lowest BCUT2D eigenvalue weighted by Crippen LogP contribution is -2.30. The number of aromatic nitrogens is 1. The molecule has 0 radical (unpaired) electrons. The minimum Gasteiger partial charge on any atom is -0.489 e. The normalized spacial score (nSPS) is 17.1. The van der Waals surface area contributed by atoms with Crippen LogP contribution in [0.5, 0.6) is 5.75 Å². The van der Waals surface area contributed by atoms with Crippen molar-refractivity contribution in [2.24, 2.45) is 0 Å². The van der Waals surface area contributed by atoms with Crippen molar-refractivity contribution in [2.45, 2.75) is 12.5 Å². The first-order chi connectivity index (χ1) is 10.2. The number of benzene rings is 1. The van der Waals surface area contributed by atoms with Gasteiger partial charge in [-0.05, 0) is 23.6 Å². The first-order valence-electron chi connectivity index (χ1n) is 6.87. The van der Waals surface area contributed by atoms with E-state index in [9.17, 15) is 0 Å². The van der Waals surface area contributed by atoms with Gasteiger partial charge in [0.15, 0.2) is 0 Å².